The van der Waals surface area contributed by atoms with Crippen LogP contribution in [0.1, 0.15) is 62.3 Å². The van der Waals surface area contributed by atoms with Crippen LogP contribution in [0.2, 0.25) is 0 Å². The number of pyridine rings is 1. The van der Waals surface area contributed by atoms with E-state index in [-0.39, 0.29) is 22.8 Å². The summed E-state index contributed by atoms with van der Waals surface area (Å²) in [5.41, 5.74) is 5.65. The highest BCUT2D eigenvalue weighted by Crippen LogP contribution is 2.30. The number of hydrogen-bond donors (Lipinski definition) is 3. The van der Waals surface area contributed by atoms with Gasteiger partial charge in [-0.2, -0.15) is 0 Å². The van der Waals surface area contributed by atoms with Crippen molar-refractivity contribution in [2.75, 3.05) is 7.11 Å². The van der Waals surface area contributed by atoms with Gasteiger partial charge in [0.15, 0.2) is 17.3 Å². The Morgan fingerprint density at radius 2 is 1.57 bits per heavy atom. The number of nitrogens with two attached hydrogens (primary N) is 1. The predicted octanol–water partition coefficient (Wildman–Crippen LogP) is 3.62. The second kappa shape index (κ2) is 11.7. The van der Waals surface area contributed by atoms with Crippen LogP contribution in [0.25, 0.3) is 0 Å². The van der Waals surface area contributed by atoms with Crippen molar-refractivity contribution in [3.8, 4) is 11.5 Å². The van der Waals surface area contributed by atoms with Crippen LogP contribution < -0.4 is 15.8 Å². The van der Waals surface area contributed by atoms with Gasteiger partial charge in [0.2, 0.25) is 5.91 Å². The van der Waals surface area contributed by atoms with Gasteiger partial charge in [-0.3, -0.25) is 19.4 Å². The summed E-state index contributed by atoms with van der Waals surface area (Å²) in [7, 11) is 1.26. The van der Waals surface area contributed by atoms with E-state index in [1.807, 2.05) is 0 Å². The number of ketones is 1. The molecule has 35 heavy (non-hydrogen) atoms. The summed E-state index contributed by atoms with van der Waals surface area (Å²) in [5, 5.41) is 12.7. The Morgan fingerprint density at radius 1 is 0.971 bits per heavy atom. The fraction of sp³-hybridized carbons (Fsp3) is 0.231. The number of halogens is 1. The molecule has 1 aromatic heterocycles. The Labute approximate surface area is 201 Å². The van der Waals surface area contributed by atoms with Gasteiger partial charge in [-0.25, -0.2) is 4.39 Å². The molecule has 3 aromatic rings. The number of rotatable bonds is 6. The minimum atomic E-state index is -0.943. The molecule has 1 fully saturated rings. The first-order valence-electron chi connectivity index (χ1n) is 11.0. The summed E-state index contributed by atoms with van der Waals surface area (Å²) in [6, 6.07) is 11.6. The molecule has 4 N–H and O–H groups in total. The number of amides is 2. The highest BCUT2D eigenvalue weighted by Gasteiger charge is 2.22. The quantitative estimate of drug-likeness (QED) is 0.463. The van der Waals surface area contributed by atoms with Gasteiger partial charge in [0.05, 0.1) is 7.11 Å². The molecule has 0 bridgehead atoms. The van der Waals surface area contributed by atoms with Crippen molar-refractivity contribution >= 4 is 17.6 Å². The Morgan fingerprint density at radius 3 is 2.14 bits per heavy atom. The summed E-state index contributed by atoms with van der Waals surface area (Å²) in [6.07, 6.45) is 8.00. The van der Waals surface area contributed by atoms with Crippen molar-refractivity contribution in [2.24, 2.45) is 5.73 Å². The largest absolute Gasteiger partial charge is 0.507 e. The molecule has 1 saturated carbocycles. The first kappa shape index (κ1) is 25.4. The van der Waals surface area contributed by atoms with Crippen LogP contribution in [-0.4, -0.2) is 40.8 Å². The molecular formula is C26H26FN3O5. The number of aromatic hydroxyl groups is 1. The zero-order chi connectivity index (χ0) is 25.4. The van der Waals surface area contributed by atoms with Gasteiger partial charge in [0.25, 0.3) is 5.91 Å². The van der Waals surface area contributed by atoms with Gasteiger partial charge in [0, 0.05) is 35.1 Å². The third kappa shape index (κ3) is 6.41. The number of phenols is 1. The predicted molar refractivity (Wildman–Crippen MR) is 127 cm³/mol. The van der Waals surface area contributed by atoms with E-state index in [0.717, 1.165) is 12.8 Å². The Kier molecular flexibility index (Phi) is 8.50. The number of carbonyl (C=O) groups excluding carboxylic acids is 3. The molecule has 4 rings (SSSR count). The van der Waals surface area contributed by atoms with Crippen molar-refractivity contribution in [3.63, 3.8) is 0 Å². The zero-order valence-corrected chi connectivity index (χ0v) is 19.2. The molecule has 0 saturated heterocycles. The summed E-state index contributed by atoms with van der Waals surface area (Å²) >= 11 is 0. The van der Waals surface area contributed by atoms with Gasteiger partial charge in [-0.15, -0.1) is 0 Å². The monoisotopic (exact) mass is 479 g/mol. The third-order valence-corrected chi connectivity index (χ3v) is 5.60. The Hall–Kier alpha value is -4.27. The number of ether oxygens (including phenoxy) is 1. The molecule has 0 radical (unpaired) electrons. The van der Waals surface area contributed by atoms with Crippen LogP contribution >= 0.6 is 0 Å². The van der Waals surface area contributed by atoms with Crippen molar-refractivity contribution < 1.29 is 28.6 Å². The van der Waals surface area contributed by atoms with Gasteiger partial charge >= 0.3 is 0 Å². The summed E-state index contributed by atoms with van der Waals surface area (Å²) in [5.74, 6) is -2.91. The van der Waals surface area contributed by atoms with Gasteiger partial charge < -0.3 is 20.9 Å². The summed E-state index contributed by atoms with van der Waals surface area (Å²) in [4.78, 5) is 38.8. The van der Waals surface area contributed by atoms with Gasteiger partial charge in [-0.1, -0.05) is 25.0 Å². The molecule has 1 aliphatic carbocycles. The minimum absolute atomic E-state index is 0.0271. The average molecular weight is 480 g/mol. The topological polar surface area (TPSA) is 132 Å². The number of benzene rings is 2. The van der Waals surface area contributed by atoms with Crippen LogP contribution in [0.15, 0.2) is 60.9 Å². The summed E-state index contributed by atoms with van der Waals surface area (Å²) in [6.45, 7) is 0. The molecule has 2 aromatic carbocycles. The lowest BCUT2D eigenvalue weighted by Gasteiger charge is -2.11. The standard InChI is InChI=1S/C15H12FNO4.C11H14N2O/c1-21-11-7-6-10(18)12(13(11)16)14(19)8-2-4-9(5-3-8)15(17)20;14-11(9-5-7-12-8-6-9)13-10-3-1-2-4-10/h2-7,18H,1H3,(H2,17,20);5-8,10H,1-4H2,(H,13,14). The highest BCUT2D eigenvalue weighted by atomic mass is 19.1. The number of carbonyl (C=O) groups is 3. The second-order valence-electron chi connectivity index (χ2n) is 7.94. The van der Waals surface area contributed by atoms with Crippen molar-refractivity contribution in [1.82, 2.24) is 10.3 Å². The minimum Gasteiger partial charge on any atom is -0.507 e. The van der Waals surface area contributed by atoms with Crippen molar-refractivity contribution in [2.45, 2.75) is 31.7 Å². The van der Waals surface area contributed by atoms with Crippen LogP contribution in [0, 0.1) is 5.82 Å². The maximum atomic E-state index is 14.1. The molecule has 2 amide bonds. The van der Waals surface area contributed by atoms with Crippen LogP contribution in [0.3, 0.4) is 0 Å². The van der Waals surface area contributed by atoms with E-state index >= 15 is 0 Å². The maximum Gasteiger partial charge on any atom is 0.251 e. The first-order valence-corrected chi connectivity index (χ1v) is 11.0. The Bertz CT molecular complexity index is 1190. The number of hydrogen-bond acceptors (Lipinski definition) is 6. The van der Waals surface area contributed by atoms with E-state index in [0.29, 0.717) is 11.6 Å². The fourth-order valence-corrected chi connectivity index (χ4v) is 3.69. The number of nitrogens with one attached hydrogen (secondary N) is 1. The lowest BCUT2D eigenvalue weighted by molar-refractivity contribution is 0.0936. The van der Waals surface area contributed by atoms with E-state index in [1.165, 1.54) is 56.3 Å². The average Bonchev–Trinajstić information content (AvgIpc) is 3.38. The lowest BCUT2D eigenvalue weighted by atomic mass is 10.00. The number of aromatic nitrogens is 1. The molecule has 0 spiro atoms. The molecule has 8 nitrogen and oxygen atoms in total. The number of methoxy groups -OCH3 is 1. The van der Waals surface area contributed by atoms with E-state index in [4.69, 9.17) is 10.5 Å². The van der Waals surface area contributed by atoms with Crippen LogP contribution in [0.5, 0.6) is 11.5 Å². The van der Waals surface area contributed by atoms with Crippen LogP contribution in [-0.2, 0) is 0 Å². The van der Waals surface area contributed by atoms with E-state index in [2.05, 4.69) is 10.3 Å². The van der Waals surface area contributed by atoms with Gasteiger partial charge in [0.1, 0.15) is 11.3 Å². The summed E-state index contributed by atoms with van der Waals surface area (Å²) < 4.78 is 18.9. The molecule has 1 aliphatic rings. The lowest BCUT2D eigenvalue weighted by Crippen LogP contribution is -2.32. The first-order chi connectivity index (χ1) is 16.8. The Balaban J connectivity index is 0.000000211. The fourth-order valence-electron chi connectivity index (χ4n) is 3.69. The van der Waals surface area contributed by atoms with Crippen molar-refractivity contribution in [3.05, 3.63) is 89.0 Å². The number of phenolic OH excluding ortho intramolecular Hbond substituents is 1. The van der Waals surface area contributed by atoms with E-state index < -0.39 is 28.8 Å². The van der Waals surface area contributed by atoms with E-state index in [1.54, 1.807) is 24.5 Å². The maximum absolute atomic E-state index is 14.1. The molecule has 0 unspecified atom stereocenters. The number of primary amides is 1. The molecule has 182 valence electrons. The molecule has 0 atom stereocenters. The molecule has 0 aliphatic heterocycles. The highest BCUT2D eigenvalue weighted by molar-refractivity contribution is 6.11. The van der Waals surface area contributed by atoms with Gasteiger partial charge in [-0.05, 0) is 49.2 Å². The molecular weight excluding hydrogens is 453 g/mol. The normalized spacial score (nSPS) is 12.9. The van der Waals surface area contributed by atoms with Crippen molar-refractivity contribution in [1.29, 1.82) is 0 Å². The third-order valence-electron chi connectivity index (χ3n) is 5.60. The van der Waals surface area contributed by atoms with E-state index in [9.17, 15) is 23.9 Å². The second-order valence-corrected chi connectivity index (χ2v) is 7.94. The number of nitrogens with zero attached hydrogens (tertiary/aromatic N) is 1. The molecule has 9 heteroatoms. The van der Waals surface area contributed by atoms with Crippen LogP contribution in [0.4, 0.5) is 4.39 Å². The SMILES string of the molecule is COc1ccc(O)c(C(=O)c2ccc(C(N)=O)cc2)c1F.O=C(NC1CCCC1)c1ccncc1. The molecule has 1 heterocycles. The zero-order valence-electron chi connectivity index (χ0n) is 19.2. The smallest absolute Gasteiger partial charge is 0.251 e.